The Kier molecular flexibility index (Phi) is 4.00. The third-order valence-electron chi connectivity index (χ3n) is 3.53. The molecule has 1 aliphatic rings. The molecule has 2 heterocycles. The van der Waals surface area contributed by atoms with Gasteiger partial charge < -0.3 is 9.84 Å². The molecule has 2 aromatic rings. The Morgan fingerprint density at radius 2 is 2.40 bits per heavy atom. The van der Waals surface area contributed by atoms with Crippen molar-refractivity contribution in [2.75, 3.05) is 19.6 Å². The van der Waals surface area contributed by atoms with Crippen LogP contribution in [0.15, 0.2) is 28.8 Å². The van der Waals surface area contributed by atoms with Crippen LogP contribution < -0.4 is 5.32 Å². The molecule has 0 radical (unpaired) electrons. The number of benzene rings is 1. The quantitative estimate of drug-likeness (QED) is 0.940. The first-order valence-electron chi connectivity index (χ1n) is 6.75. The van der Waals surface area contributed by atoms with Gasteiger partial charge in [0.05, 0.1) is 6.54 Å². The van der Waals surface area contributed by atoms with Crippen LogP contribution >= 0.6 is 11.6 Å². The van der Waals surface area contributed by atoms with Gasteiger partial charge in [-0.2, -0.15) is 4.98 Å². The molecule has 1 atom stereocenters. The minimum absolute atomic E-state index is 0.477. The number of aromatic nitrogens is 2. The Hall–Kier alpha value is -1.43. The number of nitrogens with zero attached hydrogens (tertiary/aromatic N) is 3. The van der Waals surface area contributed by atoms with Crippen LogP contribution in [0.1, 0.15) is 12.8 Å². The van der Waals surface area contributed by atoms with Crippen LogP contribution in [0.2, 0.25) is 5.02 Å². The largest absolute Gasteiger partial charge is 0.338 e. The predicted molar refractivity (Wildman–Crippen MR) is 77.5 cm³/mol. The van der Waals surface area contributed by atoms with Crippen LogP contribution in [0.3, 0.4) is 0 Å². The Bertz CT molecular complexity index is 586. The van der Waals surface area contributed by atoms with Crippen molar-refractivity contribution in [2.45, 2.75) is 19.5 Å². The zero-order valence-corrected chi connectivity index (χ0v) is 12.1. The van der Waals surface area contributed by atoms with E-state index in [2.05, 4.69) is 27.3 Å². The maximum atomic E-state index is 5.97. The zero-order chi connectivity index (χ0) is 13.9. The maximum absolute atomic E-state index is 5.97. The fourth-order valence-electron chi connectivity index (χ4n) is 2.36. The molecular weight excluding hydrogens is 276 g/mol. The molecule has 0 amide bonds. The Balaban J connectivity index is 1.73. The minimum Gasteiger partial charge on any atom is -0.338 e. The minimum atomic E-state index is 0.477. The van der Waals surface area contributed by atoms with Crippen molar-refractivity contribution < 1.29 is 4.52 Å². The van der Waals surface area contributed by atoms with Crippen molar-refractivity contribution in [2.24, 2.45) is 0 Å². The highest BCUT2D eigenvalue weighted by Crippen LogP contribution is 2.20. The van der Waals surface area contributed by atoms with Crippen LogP contribution in [0, 0.1) is 0 Å². The molecule has 0 unspecified atom stereocenters. The summed E-state index contributed by atoms with van der Waals surface area (Å²) in [6.45, 7) is 5.88. The first-order chi connectivity index (χ1) is 9.72. The smallest absolute Gasteiger partial charge is 0.241 e. The molecule has 1 fully saturated rings. The average Bonchev–Trinajstić information content (AvgIpc) is 2.90. The molecule has 1 N–H and O–H groups in total. The van der Waals surface area contributed by atoms with Crippen molar-refractivity contribution in [3.05, 3.63) is 35.2 Å². The van der Waals surface area contributed by atoms with Gasteiger partial charge in [0.15, 0.2) is 0 Å². The molecule has 0 spiro atoms. The predicted octanol–water partition coefficient (Wildman–Crippen LogP) is 2.18. The molecular formula is C14H17ClN4O. The van der Waals surface area contributed by atoms with E-state index in [9.17, 15) is 0 Å². The highest BCUT2D eigenvalue weighted by Gasteiger charge is 2.20. The molecule has 20 heavy (non-hydrogen) atoms. The standard InChI is InChI=1S/C14H17ClN4O/c1-10-8-16-5-6-19(10)9-13-17-14(18-20-13)11-3-2-4-12(15)7-11/h2-4,7,10,16H,5-6,8-9H2,1H3/t10-/m0/s1. The van der Waals surface area contributed by atoms with Crippen molar-refractivity contribution in [1.82, 2.24) is 20.4 Å². The van der Waals surface area contributed by atoms with E-state index in [1.165, 1.54) is 0 Å². The second kappa shape index (κ2) is 5.91. The normalized spacial score (nSPS) is 20.2. The molecule has 1 aromatic heterocycles. The summed E-state index contributed by atoms with van der Waals surface area (Å²) < 4.78 is 5.34. The van der Waals surface area contributed by atoms with Crippen LogP contribution in [0.25, 0.3) is 11.4 Å². The fraction of sp³-hybridized carbons (Fsp3) is 0.429. The molecule has 1 aliphatic heterocycles. The third kappa shape index (κ3) is 3.00. The van der Waals surface area contributed by atoms with Gasteiger partial charge in [-0.25, -0.2) is 0 Å². The zero-order valence-electron chi connectivity index (χ0n) is 11.3. The lowest BCUT2D eigenvalue weighted by Crippen LogP contribution is -2.49. The molecule has 0 aliphatic carbocycles. The van der Waals surface area contributed by atoms with Crippen LogP contribution in [-0.4, -0.2) is 40.7 Å². The van der Waals surface area contributed by atoms with Crippen molar-refractivity contribution in [1.29, 1.82) is 0 Å². The summed E-state index contributed by atoms with van der Waals surface area (Å²) in [4.78, 5) is 6.79. The van der Waals surface area contributed by atoms with E-state index in [0.29, 0.717) is 29.3 Å². The van der Waals surface area contributed by atoms with Crippen LogP contribution in [0.5, 0.6) is 0 Å². The van der Waals surface area contributed by atoms with Gasteiger partial charge in [-0.3, -0.25) is 4.90 Å². The lowest BCUT2D eigenvalue weighted by atomic mass is 10.2. The van der Waals surface area contributed by atoms with Gasteiger partial charge in [-0.15, -0.1) is 0 Å². The molecule has 3 rings (SSSR count). The molecule has 106 valence electrons. The summed E-state index contributed by atoms with van der Waals surface area (Å²) >= 11 is 5.97. The highest BCUT2D eigenvalue weighted by molar-refractivity contribution is 6.30. The number of rotatable bonds is 3. The van der Waals surface area contributed by atoms with Crippen molar-refractivity contribution in [3.8, 4) is 11.4 Å². The average molecular weight is 293 g/mol. The summed E-state index contributed by atoms with van der Waals surface area (Å²) in [5.41, 5.74) is 0.876. The number of nitrogens with one attached hydrogen (secondary N) is 1. The van der Waals surface area contributed by atoms with E-state index in [1.807, 2.05) is 24.3 Å². The topological polar surface area (TPSA) is 54.2 Å². The fourth-order valence-corrected chi connectivity index (χ4v) is 2.55. The first-order valence-corrected chi connectivity index (χ1v) is 7.13. The van der Waals surface area contributed by atoms with Gasteiger partial charge in [0.25, 0.3) is 0 Å². The summed E-state index contributed by atoms with van der Waals surface area (Å²) in [6.07, 6.45) is 0. The number of hydrogen-bond donors (Lipinski definition) is 1. The molecule has 1 aromatic carbocycles. The monoisotopic (exact) mass is 292 g/mol. The van der Waals surface area contributed by atoms with E-state index in [-0.39, 0.29) is 0 Å². The van der Waals surface area contributed by atoms with Crippen LogP contribution in [-0.2, 0) is 6.54 Å². The number of hydrogen-bond acceptors (Lipinski definition) is 5. The highest BCUT2D eigenvalue weighted by atomic mass is 35.5. The summed E-state index contributed by atoms with van der Waals surface area (Å²) in [7, 11) is 0. The van der Waals surface area contributed by atoms with E-state index < -0.39 is 0 Å². The Morgan fingerprint density at radius 1 is 1.50 bits per heavy atom. The summed E-state index contributed by atoms with van der Waals surface area (Å²) in [5.74, 6) is 1.24. The van der Waals surface area contributed by atoms with Crippen LogP contribution in [0.4, 0.5) is 0 Å². The van der Waals surface area contributed by atoms with Crippen molar-refractivity contribution in [3.63, 3.8) is 0 Å². The molecule has 0 saturated carbocycles. The maximum Gasteiger partial charge on any atom is 0.241 e. The van der Waals surface area contributed by atoms with Gasteiger partial charge in [0.1, 0.15) is 0 Å². The second-order valence-corrected chi connectivity index (χ2v) is 5.48. The van der Waals surface area contributed by atoms with Gasteiger partial charge in [0.2, 0.25) is 11.7 Å². The van der Waals surface area contributed by atoms with Gasteiger partial charge >= 0.3 is 0 Å². The Labute approximate surface area is 122 Å². The lowest BCUT2D eigenvalue weighted by Gasteiger charge is -2.32. The van der Waals surface area contributed by atoms with Gasteiger partial charge in [-0.05, 0) is 19.1 Å². The molecule has 0 bridgehead atoms. The number of halogens is 1. The summed E-state index contributed by atoms with van der Waals surface area (Å²) in [6, 6.07) is 7.95. The first kappa shape index (κ1) is 13.5. The van der Waals surface area contributed by atoms with Gasteiger partial charge in [-0.1, -0.05) is 28.9 Å². The molecule has 1 saturated heterocycles. The van der Waals surface area contributed by atoms with E-state index in [1.54, 1.807) is 0 Å². The Morgan fingerprint density at radius 3 is 3.20 bits per heavy atom. The second-order valence-electron chi connectivity index (χ2n) is 5.05. The molecule has 5 nitrogen and oxygen atoms in total. The third-order valence-corrected chi connectivity index (χ3v) is 3.76. The van der Waals surface area contributed by atoms with E-state index in [0.717, 1.165) is 25.2 Å². The SMILES string of the molecule is C[C@H]1CNCCN1Cc1nc(-c2cccc(Cl)c2)no1. The van der Waals surface area contributed by atoms with Gasteiger partial charge in [0, 0.05) is 36.3 Å². The lowest BCUT2D eigenvalue weighted by molar-refractivity contribution is 0.146. The summed E-state index contributed by atoms with van der Waals surface area (Å²) in [5, 5.41) is 8.07. The van der Waals surface area contributed by atoms with E-state index in [4.69, 9.17) is 16.1 Å². The van der Waals surface area contributed by atoms with E-state index >= 15 is 0 Å². The number of piperazine rings is 1. The molecule has 6 heteroatoms. The van der Waals surface area contributed by atoms with Crippen molar-refractivity contribution >= 4 is 11.6 Å².